The molecule has 0 spiro atoms. The van der Waals surface area contributed by atoms with Gasteiger partial charge >= 0.3 is 0 Å². The van der Waals surface area contributed by atoms with Gasteiger partial charge in [0.15, 0.2) is 0 Å². The zero-order chi connectivity index (χ0) is 15.5. The second-order valence-electron chi connectivity index (χ2n) is 6.13. The minimum Gasteiger partial charge on any atom is -0.370 e. The third-order valence-electron chi connectivity index (χ3n) is 4.35. The summed E-state index contributed by atoms with van der Waals surface area (Å²) in [4.78, 5) is 9.46. The predicted octanol–water partition coefficient (Wildman–Crippen LogP) is 3.60. The first-order valence-corrected chi connectivity index (χ1v) is 8.21. The summed E-state index contributed by atoms with van der Waals surface area (Å²) >= 11 is 0. The Hall–Kier alpha value is -1.68. The van der Waals surface area contributed by atoms with Crippen LogP contribution in [0.5, 0.6) is 0 Å². The smallest absolute Gasteiger partial charge is 0.124 e. The highest BCUT2D eigenvalue weighted by Gasteiger charge is 2.17. The Morgan fingerprint density at radius 3 is 2.82 bits per heavy atom. The van der Waals surface area contributed by atoms with Crippen LogP contribution < -0.4 is 4.90 Å². The van der Waals surface area contributed by atoms with Crippen molar-refractivity contribution in [2.45, 2.75) is 26.7 Å². The van der Waals surface area contributed by atoms with Crippen LogP contribution in [-0.4, -0.2) is 42.6 Å². The molecule has 0 unspecified atom stereocenters. The van der Waals surface area contributed by atoms with E-state index >= 15 is 0 Å². The molecular formula is C18H24FN3. The fourth-order valence-corrected chi connectivity index (χ4v) is 3.32. The van der Waals surface area contributed by atoms with Crippen molar-refractivity contribution in [3.8, 4) is 0 Å². The minimum atomic E-state index is -0.193. The van der Waals surface area contributed by atoms with E-state index < -0.39 is 0 Å². The van der Waals surface area contributed by atoms with Crippen LogP contribution in [0.25, 0.3) is 10.9 Å². The zero-order valence-electron chi connectivity index (χ0n) is 13.5. The van der Waals surface area contributed by atoms with Crippen molar-refractivity contribution in [2.75, 3.05) is 37.6 Å². The summed E-state index contributed by atoms with van der Waals surface area (Å²) in [6.07, 6.45) is 2.35. The highest BCUT2D eigenvalue weighted by Crippen LogP contribution is 2.28. The Morgan fingerprint density at radius 2 is 2.00 bits per heavy atom. The first kappa shape index (κ1) is 15.2. The molecule has 2 heterocycles. The van der Waals surface area contributed by atoms with Crippen LogP contribution in [0.2, 0.25) is 0 Å². The molecule has 1 aliphatic heterocycles. The molecule has 0 atom stereocenters. The van der Waals surface area contributed by atoms with Crippen molar-refractivity contribution >= 4 is 16.6 Å². The normalized spacial score (nSPS) is 17.0. The van der Waals surface area contributed by atoms with Gasteiger partial charge in [0.1, 0.15) is 5.82 Å². The van der Waals surface area contributed by atoms with Crippen molar-refractivity contribution in [3.63, 3.8) is 0 Å². The number of halogens is 1. The van der Waals surface area contributed by atoms with E-state index in [0.717, 1.165) is 54.9 Å². The summed E-state index contributed by atoms with van der Waals surface area (Å²) in [6.45, 7) is 9.65. The number of hydrogen-bond donors (Lipinski definition) is 0. The van der Waals surface area contributed by atoms with Crippen molar-refractivity contribution in [1.29, 1.82) is 0 Å². The number of benzene rings is 1. The summed E-state index contributed by atoms with van der Waals surface area (Å²) in [5, 5.41) is 0.926. The van der Waals surface area contributed by atoms with Crippen LogP contribution in [0.4, 0.5) is 10.1 Å². The highest BCUT2D eigenvalue weighted by molar-refractivity contribution is 5.92. The molecule has 0 N–H and O–H groups in total. The van der Waals surface area contributed by atoms with Gasteiger partial charge in [0.2, 0.25) is 0 Å². The summed E-state index contributed by atoms with van der Waals surface area (Å²) in [6, 6.07) is 6.98. The lowest BCUT2D eigenvalue weighted by molar-refractivity contribution is 0.294. The number of rotatable bonds is 3. The van der Waals surface area contributed by atoms with E-state index in [4.69, 9.17) is 0 Å². The number of nitrogens with zero attached hydrogens (tertiary/aromatic N) is 3. The number of pyridine rings is 1. The van der Waals surface area contributed by atoms with E-state index in [1.165, 1.54) is 19.0 Å². The van der Waals surface area contributed by atoms with Crippen LogP contribution in [0.15, 0.2) is 24.3 Å². The van der Waals surface area contributed by atoms with Gasteiger partial charge in [-0.3, -0.25) is 4.98 Å². The maximum absolute atomic E-state index is 13.7. The molecule has 4 heteroatoms. The molecule has 118 valence electrons. The Balaban J connectivity index is 1.93. The Labute approximate surface area is 131 Å². The summed E-state index contributed by atoms with van der Waals surface area (Å²) in [7, 11) is 0. The fraction of sp³-hybridized carbons (Fsp3) is 0.500. The Morgan fingerprint density at radius 1 is 1.14 bits per heavy atom. The second-order valence-corrected chi connectivity index (χ2v) is 6.13. The largest absolute Gasteiger partial charge is 0.370 e. The molecule has 0 bridgehead atoms. The van der Waals surface area contributed by atoms with Crippen LogP contribution in [-0.2, 0) is 0 Å². The average molecular weight is 301 g/mol. The summed E-state index contributed by atoms with van der Waals surface area (Å²) < 4.78 is 13.7. The number of anilines is 1. The molecule has 3 nitrogen and oxygen atoms in total. The number of fused-ring (bicyclic) bond motifs is 1. The second kappa shape index (κ2) is 6.61. The van der Waals surface area contributed by atoms with Gasteiger partial charge in [0.25, 0.3) is 0 Å². The van der Waals surface area contributed by atoms with Gasteiger partial charge in [-0.25, -0.2) is 4.39 Å². The van der Waals surface area contributed by atoms with Gasteiger partial charge in [-0.1, -0.05) is 6.92 Å². The topological polar surface area (TPSA) is 19.4 Å². The molecule has 2 aromatic rings. The molecule has 1 fully saturated rings. The molecule has 0 aliphatic carbocycles. The molecular weight excluding hydrogens is 277 g/mol. The fourth-order valence-electron chi connectivity index (χ4n) is 3.32. The molecule has 1 aromatic heterocycles. The van der Waals surface area contributed by atoms with Gasteiger partial charge < -0.3 is 9.80 Å². The van der Waals surface area contributed by atoms with E-state index in [9.17, 15) is 4.39 Å². The predicted molar refractivity (Wildman–Crippen MR) is 90.0 cm³/mol. The maximum atomic E-state index is 13.7. The first-order chi connectivity index (χ1) is 10.7. The minimum absolute atomic E-state index is 0.193. The zero-order valence-corrected chi connectivity index (χ0v) is 13.5. The summed E-state index contributed by atoms with van der Waals surface area (Å²) in [5.41, 5.74) is 3.00. The first-order valence-electron chi connectivity index (χ1n) is 8.21. The van der Waals surface area contributed by atoms with E-state index in [2.05, 4.69) is 27.8 Å². The van der Waals surface area contributed by atoms with Crippen LogP contribution in [0.3, 0.4) is 0 Å². The van der Waals surface area contributed by atoms with Crippen molar-refractivity contribution in [3.05, 3.63) is 35.8 Å². The van der Waals surface area contributed by atoms with Gasteiger partial charge in [-0.05, 0) is 57.1 Å². The molecule has 0 saturated carbocycles. The quantitative estimate of drug-likeness (QED) is 0.863. The molecule has 0 radical (unpaired) electrons. The van der Waals surface area contributed by atoms with Crippen LogP contribution >= 0.6 is 0 Å². The lowest BCUT2D eigenvalue weighted by Crippen LogP contribution is -2.31. The van der Waals surface area contributed by atoms with Crippen molar-refractivity contribution in [2.24, 2.45) is 0 Å². The standard InChI is InChI=1S/C18H24FN3/c1-3-7-21-8-4-9-22(11-10-21)18-12-14(2)20-17-6-5-15(19)13-16(17)18/h5-6,12-13H,3-4,7-11H2,1-2H3. The molecule has 1 aromatic carbocycles. The Kier molecular flexibility index (Phi) is 4.57. The average Bonchev–Trinajstić information content (AvgIpc) is 2.73. The SMILES string of the molecule is CCCN1CCCN(c2cc(C)nc3ccc(F)cc23)CC1. The lowest BCUT2D eigenvalue weighted by atomic mass is 10.1. The molecule has 3 rings (SSSR count). The third kappa shape index (κ3) is 3.22. The van der Waals surface area contributed by atoms with Crippen LogP contribution in [0.1, 0.15) is 25.5 Å². The maximum Gasteiger partial charge on any atom is 0.124 e. The number of hydrogen-bond acceptors (Lipinski definition) is 3. The van der Waals surface area contributed by atoms with E-state index in [1.54, 1.807) is 12.1 Å². The van der Waals surface area contributed by atoms with Gasteiger partial charge in [-0.2, -0.15) is 0 Å². The van der Waals surface area contributed by atoms with Gasteiger partial charge in [0.05, 0.1) is 5.52 Å². The molecule has 1 saturated heterocycles. The number of aryl methyl sites for hydroxylation is 1. The molecule has 0 amide bonds. The highest BCUT2D eigenvalue weighted by atomic mass is 19.1. The van der Waals surface area contributed by atoms with Crippen molar-refractivity contribution < 1.29 is 4.39 Å². The number of aromatic nitrogens is 1. The van der Waals surface area contributed by atoms with Gasteiger partial charge in [-0.15, -0.1) is 0 Å². The van der Waals surface area contributed by atoms with Crippen LogP contribution in [0, 0.1) is 12.7 Å². The summed E-state index contributed by atoms with van der Waals surface area (Å²) in [5.74, 6) is -0.193. The van der Waals surface area contributed by atoms with E-state index in [1.807, 2.05) is 6.92 Å². The Bertz CT molecular complexity index is 656. The van der Waals surface area contributed by atoms with E-state index in [-0.39, 0.29) is 5.82 Å². The van der Waals surface area contributed by atoms with Crippen molar-refractivity contribution in [1.82, 2.24) is 9.88 Å². The monoisotopic (exact) mass is 301 g/mol. The molecule has 1 aliphatic rings. The third-order valence-corrected chi connectivity index (χ3v) is 4.35. The molecule has 22 heavy (non-hydrogen) atoms. The lowest BCUT2D eigenvalue weighted by Gasteiger charge is -2.25. The van der Waals surface area contributed by atoms with E-state index in [0.29, 0.717) is 0 Å². The van der Waals surface area contributed by atoms with Gasteiger partial charge in [0, 0.05) is 36.4 Å².